The number of amides is 2. The standard InChI is InChI=1S/C26H24F6N2O4S/c1-15-4-3-5-16(2)22(15)34-14-24(13-21(34)35,17-6-8-39(37,38)9-7-17)23(36)33-20-11-18(25(27,28)29)10-19(12-20)26(30,31)32/h3-6,10-12H,7-9,13-14H2,1-2H3,(H,33,36). The van der Waals surface area contributed by atoms with Crippen LogP contribution < -0.4 is 10.2 Å². The van der Waals surface area contributed by atoms with E-state index in [1.165, 1.54) is 11.0 Å². The zero-order valence-corrected chi connectivity index (χ0v) is 21.6. The van der Waals surface area contributed by atoms with Gasteiger partial charge < -0.3 is 10.2 Å². The number of carbonyl (C=O) groups is 2. The Morgan fingerprint density at radius 1 is 0.974 bits per heavy atom. The first kappa shape index (κ1) is 28.7. The molecule has 0 bridgehead atoms. The largest absolute Gasteiger partial charge is 0.416 e. The van der Waals surface area contributed by atoms with E-state index in [1.54, 1.807) is 32.0 Å². The Kier molecular flexibility index (Phi) is 7.12. The molecule has 2 amide bonds. The fourth-order valence-electron chi connectivity index (χ4n) is 5.11. The molecule has 2 aliphatic heterocycles. The van der Waals surface area contributed by atoms with Crippen LogP contribution in [0.2, 0.25) is 0 Å². The second-order valence-corrected chi connectivity index (χ2v) is 12.1. The lowest BCUT2D eigenvalue weighted by molar-refractivity contribution is -0.143. The van der Waals surface area contributed by atoms with E-state index < -0.39 is 68.4 Å². The Hall–Kier alpha value is -3.35. The number of rotatable bonds is 4. The Morgan fingerprint density at radius 2 is 1.54 bits per heavy atom. The molecule has 2 aromatic carbocycles. The molecule has 0 saturated carbocycles. The number of alkyl halides is 6. The number of anilines is 2. The van der Waals surface area contributed by atoms with E-state index in [4.69, 9.17) is 0 Å². The second-order valence-electron chi connectivity index (χ2n) is 9.82. The molecule has 1 unspecified atom stereocenters. The Bertz CT molecular complexity index is 1430. The van der Waals surface area contributed by atoms with Crippen molar-refractivity contribution >= 4 is 33.0 Å². The van der Waals surface area contributed by atoms with Gasteiger partial charge in [0.05, 0.1) is 28.0 Å². The van der Waals surface area contributed by atoms with Crippen LogP contribution in [-0.2, 0) is 31.8 Å². The molecule has 1 N–H and O–H groups in total. The van der Waals surface area contributed by atoms with Crippen molar-refractivity contribution in [2.75, 3.05) is 28.3 Å². The predicted octanol–water partition coefficient (Wildman–Crippen LogP) is 5.45. The number of para-hydroxylation sites is 1. The summed E-state index contributed by atoms with van der Waals surface area (Å²) in [5.41, 5.74) is -3.43. The van der Waals surface area contributed by atoms with Crippen LogP contribution in [0.15, 0.2) is 48.0 Å². The molecule has 1 atom stereocenters. The van der Waals surface area contributed by atoms with E-state index in [1.807, 2.05) is 0 Å². The molecule has 2 aliphatic rings. The first-order valence-electron chi connectivity index (χ1n) is 11.8. The number of carbonyl (C=O) groups excluding carboxylic acids is 2. The van der Waals surface area contributed by atoms with Gasteiger partial charge >= 0.3 is 12.4 Å². The van der Waals surface area contributed by atoms with Gasteiger partial charge in [-0.1, -0.05) is 29.8 Å². The zero-order chi connectivity index (χ0) is 29.0. The van der Waals surface area contributed by atoms with Crippen LogP contribution in [0.25, 0.3) is 0 Å². The van der Waals surface area contributed by atoms with E-state index in [-0.39, 0.29) is 24.8 Å². The van der Waals surface area contributed by atoms with Crippen molar-refractivity contribution in [3.05, 3.63) is 70.3 Å². The van der Waals surface area contributed by atoms with Gasteiger partial charge in [-0.3, -0.25) is 9.59 Å². The molecule has 39 heavy (non-hydrogen) atoms. The van der Waals surface area contributed by atoms with Crippen LogP contribution in [0.3, 0.4) is 0 Å². The summed E-state index contributed by atoms with van der Waals surface area (Å²) < 4.78 is 104. The minimum atomic E-state index is -5.12. The first-order chi connectivity index (χ1) is 17.9. The molecule has 6 nitrogen and oxygen atoms in total. The van der Waals surface area contributed by atoms with E-state index in [2.05, 4.69) is 5.32 Å². The molecule has 0 radical (unpaired) electrons. The lowest BCUT2D eigenvalue weighted by Crippen LogP contribution is -2.42. The highest BCUT2D eigenvalue weighted by molar-refractivity contribution is 7.91. The van der Waals surface area contributed by atoms with Crippen molar-refractivity contribution in [2.45, 2.75) is 39.0 Å². The maximum absolute atomic E-state index is 13.8. The smallest absolute Gasteiger partial charge is 0.325 e. The lowest BCUT2D eigenvalue weighted by Gasteiger charge is -2.33. The van der Waals surface area contributed by atoms with Crippen LogP contribution in [0.4, 0.5) is 37.7 Å². The van der Waals surface area contributed by atoms with Crippen molar-refractivity contribution in [2.24, 2.45) is 5.41 Å². The lowest BCUT2D eigenvalue weighted by atomic mass is 9.76. The monoisotopic (exact) mass is 574 g/mol. The van der Waals surface area contributed by atoms with Crippen LogP contribution in [0.1, 0.15) is 35.1 Å². The average molecular weight is 575 g/mol. The summed E-state index contributed by atoms with van der Waals surface area (Å²) in [7, 11) is -3.45. The number of nitrogens with one attached hydrogen (secondary N) is 1. The van der Waals surface area contributed by atoms with Gasteiger partial charge in [-0.25, -0.2) is 8.42 Å². The average Bonchev–Trinajstić information content (AvgIpc) is 3.15. The topological polar surface area (TPSA) is 83.6 Å². The molecule has 0 aromatic heterocycles. The second kappa shape index (κ2) is 9.68. The molecule has 4 rings (SSSR count). The van der Waals surface area contributed by atoms with Gasteiger partial charge in [0.15, 0.2) is 9.84 Å². The number of benzene rings is 2. The van der Waals surface area contributed by atoms with E-state index >= 15 is 0 Å². The number of sulfone groups is 1. The minimum absolute atomic E-state index is 0.0538. The molecule has 13 heteroatoms. The third kappa shape index (κ3) is 5.68. The summed E-state index contributed by atoms with van der Waals surface area (Å²) in [6, 6.07) is 6.00. The molecule has 0 spiro atoms. The predicted molar refractivity (Wildman–Crippen MR) is 132 cm³/mol. The van der Waals surface area contributed by atoms with Crippen molar-refractivity contribution in [3.63, 3.8) is 0 Å². The first-order valence-corrected chi connectivity index (χ1v) is 13.6. The third-order valence-electron chi connectivity index (χ3n) is 7.05. The van der Waals surface area contributed by atoms with Crippen LogP contribution in [-0.4, -0.2) is 38.3 Å². The quantitative estimate of drug-likeness (QED) is 0.389. The number of nitrogens with zero attached hydrogens (tertiary/aromatic N) is 1. The van der Waals surface area contributed by atoms with Gasteiger partial charge in [-0.2, -0.15) is 26.3 Å². The highest BCUT2D eigenvalue weighted by Crippen LogP contribution is 2.46. The fourth-order valence-corrected chi connectivity index (χ4v) is 6.26. The van der Waals surface area contributed by atoms with Gasteiger partial charge in [-0.05, 0) is 49.6 Å². The van der Waals surface area contributed by atoms with Gasteiger partial charge in [0.25, 0.3) is 0 Å². The van der Waals surface area contributed by atoms with Crippen molar-refractivity contribution in [3.8, 4) is 0 Å². The summed E-state index contributed by atoms with van der Waals surface area (Å²) in [5, 5.41) is 2.18. The number of aryl methyl sites for hydroxylation is 2. The zero-order valence-electron chi connectivity index (χ0n) is 20.8. The van der Waals surface area contributed by atoms with E-state index in [0.29, 0.717) is 34.5 Å². The van der Waals surface area contributed by atoms with Crippen molar-refractivity contribution in [1.29, 1.82) is 0 Å². The van der Waals surface area contributed by atoms with Gasteiger partial charge in [0, 0.05) is 24.3 Å². The SMILES string of the molecule is Cc1cccc(C)c1N1CC(C(=O)Nc2cc(C(F)(F)F)cc(C(F)(F)F)c2)(C2=CCS(=O)(=O)CC2)CC1=O. The molecule has 0 aliphatic carbocycles. The molecular formula is C26H24F6N2O4S. The molecular weight excluding hydrogens is 550 g/mol. The third-order valence-corrected chi connectivity index (χ3v) is 8.55. The molecule has 210 valence electrons. The maximum Gasteiger partial charge on any atom is 0.416 e. The van der Waals surface area contributed by atoms with E-state index in [0.717, 1.165) is 0 Å². The summed E-state index contributed by atoms with van der Waals surface area (Å²) >= 11 is 0. The van der Waals surface area contributed by atoms with Crippen LogP contribution in [0.5, 0.6) is 0 Å². The Labute approximate surface area is 220 Å². The highest BCUT2D eigenvalue weighted by atomic mass is 32.2. The Balaban J connectivity index is 1.80. The van der Waals surface area contributed by atoms with Crippen molar-refractivity contribution < 1.29 is 44.3 Å². The fraction of sp³-hybridized carbons (Fsp3) is 0.385. The van der Waals surface area contributed by atoms with Gasteiger partial charge in [-0.15, -0.1) is 0 Å². The summed E-state index contributed by atoms with van der Waals surface area (Å²) in [5.74, 6) is -2.20. The minimum Gasteiger partial charge on any atom is -0.325 e. The highest BCUT2D eigenvalue weighted by Gasteiger charge is 2.53. The number of halogens is 6. The summed E-state index contributed by atoms with van der Waals surface area (Å²) in [6.45, 7) is 3.24. The molecule has 2 heterocycles. The van der Waals surface area contributed by atoms with Crippen molar-refractivity contribution in [1.82, 2.24) is 0 Å². The number of hydrogen-bond donors (Lipinski definition) is 1. The van der Waals surface area contributed by atoms with E-state index in [9.17, 15) is 44.3 Å². The van der Waals surface area contributed by atoms with Gasteiger partial charge in [0.1, 0.15) is 0 Å². The number of hydrogen-bond acceptors (Lipinski definition) is 4. The molecule has 1 fully saturated rings. The summed E-state index contributed by atoms with van der Waals surface area (Å²) in [4.78, 5) is 28.4. The normalized spacial score (nSPS) is 21.6. The van der Waals surface area contributed by atoms with Gasteiger partial charge in [0.2, 0.25) is 11.8 Å². The van der Waals surface area contributed by atoms with Crippen LogP contribution in [0, 0.1) is 19.3 Å². The van der Waals surface area contributed by atoms with Crippen LogP contribution >= 0.6 is 0 Å². The Morgan fingerprint density at radius 3 is 2.03 bits per heavy atom. The summed E-state index contributed by atoms with van der Waals surface area (Å²) in [6.07, 6.45) is -9.49. The molecule has 2 aromatic rings. The molecule has 1 saturated heterocycles. The maximum atomic E-state index is 13.8.